The Kier molecular flexibility index (Phi) is 4.01. The van der Waals surface area contributed by atoms with Crippen molar-refractivity contribution in [3.05, 3.63) is 35.4 Å². The van der Waals surface area contributed by atoms with Crippen molar-refractivity contribution >= 4 is 11.9 Å². The fourth-order valence-corrected chi connectivity index (χ4v) is 2.57. The van der Waals surface area contributed by atoms with Crippen LogP contribution in [-0.2, 0) is 16.0 Å². The number of hydrogen-bond acceptors (Lipinski definition) is 2. The molecule has 1 aromatic carbocycles. The topological polar surface area (TPSA) is 57.6 Å². The van der Waals surface area contributed by atoms with Crippen LogP contribution >= 0.6 is 0 Å². The van der Waals surface area contributed by atoms with Crippen molar-refractivity contribution in [2.24, 2.45) is 5.92 Å². The first-order chi connectivity index (χ1) is 9.41. The van der Waals surface area contributed by atoms with Gasteiger partial charge in [-0.05, 0) is 19.4 Å². The van der Waals surface area contributed by atoms with Crippen LogP contribution in [0, 0.1) is 17.6 Å². The number of benzene rings is 1. The highest BCUT2D eigenvalue weighted by Crippen LogP contribution is 2.25. The Hall–Kier alpha value is -1.98. The molecule has 1 amide bonds. The van der Waals surface area contributed by atoms with Crippen molar-refractivity contribution in [1.82, 2.24) is 4.90 Å². The van der Waals surface area contributed by atoms with E-state index in [1.54, 1.807) is 6.92 Å². The predicted octanol–water partition coefficient (Wildman–Crippen LogP) is 1.83. The molecule has 4 nitrogen and oxygen atoms in total. The number of carbonyl (C=O) groups excluding carboxylic acids is 1. The first-order valence-electron chi connectivity index (χ1n) is 6.37. The van der Waals surface area contributed by atoms with Crippen LogP contribution < -0.4 is 0 Å². The number of likely N-dealkylation sites (tertiary alicyclic amines) is 1. The summed E-state index contributed by atoms with van der Waals surface area (Å²) < 4.78 is 26.6. The number of amides is 1. The van der Waals surface area contributed by atoms with Gasteiger partial charge in [0.25, 0.3) is 0 Å². The molecule has 1 saturated heterocycles. The molecule has 1 aliphatic rings. The molecule has 1 N–H and O–H groups in total. The Labute approximate surface area is 115 Å². The van der Waals surface area contributed by atoms with E-state index in [9.17, 15) is 18.4 Å². The number of aliphatic carboxylic acids is 1. The first kappa shape index (κ1) is 14.4. The number of rotatable bonds is 3. The Bertz CT molecular complexity index is 547. The van der Waals surface area contributed by atoms with Gasteiger partial charge in [0.1, 0.15) is 0 Å². The minimum absolute atomic E-state index is 0.0130. The van der Waals surface area contributed by atoms with Gasteiger partial charge in [0, 0.05) is 18.2 Å². The molecule has 2 atom stereocenters. The highest BCUT2D eigenvalue weighted by Gasteiger charge is 2.38. The Morgan fingerprint density at radius 2 is 2.10 bits per heavy atom. The molecule has 1 fully saturated rings. The van der Waals surface area contributed by atoms with E-state index >= 15 is 0 Å². The molecule has 1 aromatic rings. The zero-order valence-electron chi connectivity index (χ0n) is 11.0. The van der Waals surface area contributed by atoms with Gasteiger partial charge < -0.3 is 10.0 Å². The predicted molar refractivity (Wildman–Crippen MR) is 67.0 cm³/mol. The highest BCUT2D eigenvalue weighted by molar-refractivity contribution is 5.81. The van der Waals surface area contributed by atoms with Crippen LogP contribution in [0.15, 0.2) is 18.2 Å². The summed E-state index contributed by atoms with van der Waals surface area (Å²) in [5.41, 5.74) is -0.0130. The molecule has 1 aliphatic heterocycles. The summed E-state index contributed by atoms with van der Waals surface area (Å²) in [5, 5.41) is 9.01. The Morgan fingerprint density at radius 3 is 2.70 bits per heavy atom. The molecule has 0 saturated carbocycles. The van der Waals surface area contributed by atoms with E-state index in [1.165, 1.54) is 17.0 Å². The quantitative estimate of drug-likeness (QED) is 0.920. The molecule has 2 rings (SSSR count). The number of carbonyl (C=O) groups is 2. The second-order valence-corrected chi connectivity index (χ2v) is 4.95. The van der Waals surface area contributed by atoms with Gasteiger partial charge in [-0.3, -0.25) is 9.59 Å². The zero-order chi connectivity index (χ0) is 14.9. The summed E-state index contributed by atoms with van der Waals surface area (Å²) in [7, 11) is 0. The minimum Gasteiger partial charge on any atom is -0.481 e. The van der Waals surface area contributed by atoms with E-state index in [0.717, 1.165) is 6.07 Å². The smallest absolute Gasteiger partial charge is 0.308 e. The number of hydrogen-bond donors (Lipinski definition) is 1. The summed E-state index contributed by atoms with van der Waals surface area (Å²) in [6, 6.07) is 3.25. The van der Waals surface area contributed by atoms with Gasteiger partial charge in [-0.25, -0.2) is 8.78 Å². The highest BCUT2D eigenvalue weighted by atomic mass is 19.2. The van der Waals surface area contributed by atoms with Gasteiger partial charge in [-0.15, -0.1) is 0 Å². The van der Waals surface area contributed by atoms with Crippen LogP contribution in [0.5, 0.6) is 0 Å². The molecule has 0 aliphatic carbocycles. The average Bonchev–Trinajstić information content (AvgIpc) is 2.77. The summed E-state index contributed by atoms with van der Waals surface area (Å²) in [6.07, 6.45) is 0.119. The molecule has 1 heterocycles. The maximum Gasteiger partial charge on any atom is 0.308 e. The zero-order valence-corrected chi connectivity index (χ0v) is 11.0. The normalized spacial score (nSPS) is 22.1. The minimum atomic E-state index is -1.03. The van der Waals surface area contributed by atoms with E-state index in [2.05, 4.69) is 0 Å². The molecular formula is C14H15F2NO3. The molecule has 0 spiro atoms. The van der Waals surface area contributed by atoms with Gasteiger partial charge in [0.15, 0.2) is 11.6 Å². The number of halogens is 2. The van der Waals surface area contributed by atoms with Gasteiger partial charge in [0.2, 0.25) is 5.91 Å². The average molecular weight is 283 g/mol. The maximum atomic E-state index is 13.5. The summed E-state index contributed by atoms with van der Waals surface area (Å²) >= 11 is 0. The van der Waals surface area contributed by atoms with Crippen LogP contribution in [0.25, 0.3) is 0 Å². The van der Waals surface area contributed by atoms with Gasteiger partial charge in [-0.1, -0.05) is 12.1 Å². The molecule has 0 bridgehead atoms. The van der Waals surface area contributed by atoms with Crippen molar-refractivity contribution in [2.45, 2.75) is 25.8 Å². The standard InChI is InChI=1S/C14H15F2NO3/c1-8-10(14(19)20)5-6-17(8)12(18)7-9-3-2-4-11(15)13(9)16/h2-4,8,10H,5-7H2,1H3,(H,19,20). The molecule has 20 heavy (non-hydrogen) atoms. The van der Waals surface area contributed by atoms with E-state index in [-0.39, 0.29) is 17.9 Å². The van der Waals surface area contributed by atoms with Gasteiger partial charge >= 0.3 is 5.97 Å². The monoisotopic (exact) mass is 283 g/mol. The van der Waals surface area contributed by atoms with Crippen LogP contribution in [0.3, 0.4) is 0 Å². The third kappa shape index (κ3) is 2.64. The number of carboxylic acids is 1. The third-order valence-corrected chi connectivity index (χ3v) is 3.77. The summed E-state index contributed by atoms with van der Waals surface area (Å²) in [5.74, 6) is -3.94. The molecule has 6 heteroatoms. The maximum absolute atomic E-state index is 13.5. The van der Waals surface area contributed by atoms with Crippen molar-refractivity contribution < 1.29 is 23.5 Å². The van der Waals surface area contributed by atoms with Crippen molar-refractivity contribution in [1.29, 1.82) is 0 Å². The lowest BCUT2D eigenvalue weighted by Crippen LogP contribution is -2.38. The van der Waals surface area contributed by atoms with Crippen LogP contribution in [-0.4, -0.2) is 34.5 Å². The fourth-order valence-electron chi connectivity index (χ4n) is 2.57. The van der Waals surface area contributed by atoms with Crippen LogP contribution in [0.4, 0.5) is 8.78 Å². The molecule has 0 aromatic heterocycles. The van der Waals surface area contributed by atoms with Crippen molar-refractivity contribution in [3.63, 3.8) is 0 Å². The number of carboxylic acid groups (broad SMARTS) is 1. The van der Waals surface area contributed by atoms with Crippen LogP contribution in [0.2, 0.25) is 0 Å². The summed E-state index contributed by atoms with van der Waals surface area (Å²) in [4.78, 5) is 24.5. The Morgan fingerprint density at radius 1 is 1.40 bits per heavy atom. The largest absolute Gasteiger partial charge is 0.481 e. The molecular weight excluding hydrogens is 268 g/mol. The third-order valence-electron chi connectivity index (χ3n) is 3.77. The summed E-state index contributed by atoms with van der Waals surface area (Å²) in [6.45, 7) is 1.99. The first-order valence-corrected chi connectivity index (χ1v) is 6.37. The van der Waals surface area contributed by atoms with E-state index in [0.29, 0.717) is 13.0 Å². The van der Waals surface area contributed by atoms with Gasteiger partial charge in [0.05, 0.1) is 12.3 Å². The van der Waals surface area contributed by atoms with E-state index in [1.807, 2.05) is 0 Å². The van der Waals surface area contributed by atoms with Crippen molar-refractivity contribution in [3.8, 4) is 0 Å². The molecule has 2 unspecified atom stereocenters. The SMILES string of the molecule is CC1C(C(=O)O)CCN1C(=O)Cc1cccc(F)c1F. The van der Waals surface area contributed by atoms with E-state index in [4.69, 9.17) is 5.11 Å². The lowest BCUT2D eigenvalue weighted by molar-refractivity contribution is -0.143. The second kappa shape index (κ2) is 5.56. The number of nitrogens with zero attached hydrogens (tertiary/aromatic N) is 1. The molecule has 108 valence electrons. The van der Waals surface area contributed by atoms with E-state index < -0.39 is 29.6 Å². The van der Waals surface area contributed by atoms with Gasteiger partial charge in [-0.2, -0.15) is 0 Å². The lowest BCUT2D eigenvalue weighted by Gasteiger charge is -2.23. The Balaban J connectivity index is 2.10. The lowest BCUT2D eigenvalue weighted by atomic mass is 10.0. The van der Waals surface area contributed by atoms with Crippen molar-refractivity contribution in [2.75, 3.05) is 6.54 Å². The fraction of sp³-hybridized carbons (Fsp3) is 0.429. The molecule has 0 radical (unpaired) electrons. The van der Waals surface area contributed by atoms with Crippen LogP contribution in [0.1, 0.15) is 18.9 Å². The second-order valence-electron chi connectivity index (χ2n) is 4.95.